The lowest BCUT2D eigenvalue weighted by atomic mass is 9.85. The monoisotopic (exact) mass is 612 g/mol. The maximum Gasteiger partial charge on any atom is 0.136 e. The van der Waals surface area contributed by atoms with Gasteiger partial charge in [-0.25, -0.2) is 0 Å². The Morgan fingerprint density at radius 3 is 1.58 bits per heavy atom. The average Bonchev–Trinajstić information content (AvgIpc) is 3.72. The van der Waals surface area contributed by atoms with Crippen molar-refractivity contribution in [1.29, 1.82) is 0 Å². The standard InChI is InChI=1S/C46H28O2/c1-3-11-31-27(9-1)17-23-41-45(31)37-25-29(19-21-39(37)47-41)43-33-13-5-7-15-35(33)44(36-16-8-6-14-34(36)43)30-20-22-40-38(26-30)46-32-12-4-2-10-28(32)18-24-42(46)48-40/h1,3-9,11-26H,2,10H2. The molecule has 48 heavy (non-hydrogen) atoms. The van der Waals surface area contributed by atoms with Gasteiger partial charge in [-0.3, -0.25) is 0 Å². The van der Waals surface area contributed by atoms with Crippen molar-refractivity contribution in [2.45, 2.75) is 12.8 Å². The van der Waals surface area contributed by atoms with Crippen LogP contribution in [0.2, 0.25) is 0 Å². The Morgan fingerprint density at radius 2 is 0.938 bits per heavy atom. The number of aryl methyl sites for hydroxylation is 1. The second-order valence-corrected chi connectivity index (χ2v) is 13.1. The van der Waals surface area contributed by atoms with E-state index in [1.54, 1.807) is 0 Å². The minimum absolute atomic E-state index is 0.910. The van der Waals surface area contributed by atoms with Gasteiger partial charge in [0.15, 0.2) is 0 Å². The zero-order valence-corrected chi connectivity index (χ0v) is 26.1. The molecule has 2 heterocycles. The molecular formula is C46H28O2. The largest absolute Gasteiger partial charge is 0.456 e. The SMILES string of the molecule is C1=Cc2c(ccc3oc4ccc(-c5c6ccccc6c(-c6ccc7oc8ccc9ccccc9c8c7c6)c6ccccc56)cc4c23)CC1. The summed E-state index contributed by atoms with van der Waals surface area (Å²) in [6.07, 6.45) is 6.73. The lowest BCUT2D eigenvalue weighted by Crippen LogP contribution is -1.94. The van der Waals surface area contributed by atoms with E-state index in [0.29, 0.717) is 0 Å². The van der Waals surface area contributed by atoms with Crippen LogP contribution in [0.15, 0.2) is 148 Å². The van der Waals surface area contributed by atoms with E-state index in [0.717, 1.165) is 40.6 Å². The van der Waals surface area contributed by atoms with Gasteiger partial charge in [-0.2, -0.15) is 0 Å². The predicted molar refractivity (Wildman–Crippen MR) is 202 cm³/mol. The van der Waals surface area contributed by atoms with Gasteiger partial charge in [-0.1, -0.05) is 109 Å². The predicted octanol–water partition coefficient (Wildman–Crippen LogP) is 13.2. The molecule has 0 radical (unpaired) electrons. The highest BCUT2D eigenvalue weighted by atomic mass is 16.3. The van der Waals surface area contributed by atoms with Gasteiger partial charge in [0, 0.05) is 21.5 Å². The van der Waals surface area contributed by atoms with E-state index in [1.165, 1.54) is 81.9 Å². The van der Waals surface area contributed by atoms with Crippen LogP contribution in [-0.4, -0.2) is 0 Å². The lowest BCUT2D eigenvalue weighted by molar-refractivity contribution is 0.668. The normalized spacial score (nSPS) is 13.2. The Kier molecular flexibility index (Phi) is 5.25. The molecule has 1 aliphatic carbocycles. The van der Waals surface area contributed by atoms with Crippen molar-refractivity contribution >= 4 is 82.3 Å². The molecule has 0 N–H and O–H groups in total. The zero-order valence-electron chi connectivity index (χ0n) is 26.1. The Labute approximate surface area is 276 Å². The first kappa shape index (κ1) is 26.0. The van der Waals surface area contributed by atoms with Crippen molar-refractivity contribution in [1.82, 2.24) is 0 Å². The molecule has 2 nitrogen and oxygen atoms in total. The second-order valence-electron chi connectivity index (χ2n) is 13.1. The van der Waals surface area contributed by atoms with Crippen LogP contribution in [-0.2, 0) is 6.42 Å². The maximum atomic E-state index is 6.41. The van der Waals surface area contributed by atoms with Gasteiger partial charge in [0.1, 0.15) is 22.3 Å². The van der Waals surface area contributed by atoms with Crippen molar-refractivity contribution in [3.8, 4) is 22.3 Å². The number of hydrogen-bond donors (Lipinski definition) is 0. The molecule has 0 spiro atoms. The van der Waals surface area contributed by atoms with Gasteiger partial charge in [-0.05, 0) is 115 Å². The molecule has 1 aliphatic rings. The first-order chi connectivity index (χ1) is 23.8. The first-order valence-electron chi connectivity index (χ1n) is 16.7. The Morgan fingerprint density at radius 1 is 0.417 bits per heavy atom. The van der Waals surface area contributed by atoms with Crippen molar-refractivity contribution in [3.05, 3.63) is 151 Å². The molecule has 0 unspecified atom stereocenters. The third-order valence-corrected chi connectivity index (χ3v) is 10.5. The van der Waals surface area contributed by atoms with Gasteiger partial charge in [0.05, 0.1) is 0 Å². The van der Waals surface area contributed by atoms with Crippen molar-refractivity contribution in [3.63, 3.8) is 0 Å². The van der Waals surface area contributed by atoms with Crippen molar-refractivity contribution in [2.75, 3.05) is 0 Å². The lowest BCUT2D eigenvalue weighted by Gasteiger charge is -2.18. The fourth-order valence-electron chi connectivity index (χ4n) is 8.40. The van der Waals surface area contributed by atoms with Crippen LogP contribution in [0.4, 0.5) is 0 Å². The van der Waals surface area contributed by atoms with Crippen LogP contribution >= 0.6 is 0 Å². The molecule has 0 bridgehead atoms. The summed E-state index contributed by atoms with van der Waals surface area (Å²) >= 11 is 0. The van der Waals surface area contributed by atoms with E-state index in [1.807, 2.05) is 0 Å². The van der Waals surface area contributed by atoms with Crippen LogP contribution in [0, 0.1) is 0 Å². The first-order valence-corrected chi connectivity index (χ1v) is 16.7. The molecule has 2 aromatic heterocycles. The summed E-state index contributed by atoms with van der Waals surface area (Å²) in [5.74, 6) is 0. The molecular weight excluding hydrogens is 585 g/mol. The topological polar surface area (TPSA) is 26.3 Å². The van der Waals surface area contributed by atoms with Crippen LogP contribution in [0.5, 0.6) is 0 Å². The summed E-state index contributed by atoms with van der Waals surface area (Å²) in [6.45, 7) is 0. The quantitative estimate of drug-likeness (QED) is 0.182. The van der Waals surface area contributed by atoms with Crippen LogP contribution < -0.4 is 0 Å². The summed E-state index contributed by atoms with van der Waals surface area (Å²) < 4.78 is 12.8. The van der Waals surface area contributed by atoms with Gasteiger partial charge in [-0.15, -0.1) is 0 Å². The summed E-state index contributed by atoms with van der Waals surface area (Å²) in [5, 5.41) is 12.1. The molecule has 0 atom stereocenters. The smallest absolute Gasteiger partial charge is 0.136 e. The molecule has 8 aromatic carbocycles. The Balaban J connectivity index is 1.21. The van der Waals surface area contributed by atoms with Gasteiger partial charge in [0.25, 0.3) is 0 Å². The zero-order chi connectivity index (χ0) is 31.3. The average molecular weight is 613 g/mol. The molecule has 0 saturated heterocycles. The molecule has 10 aromatic rings. The molecule has 224 valence electrons. The molecule has 0 saturated carbocycles. The summed E-state index contributed by atoms with van der Waals surface area (Å²) in [4.78, 5) is 0. The Bertz CT molecular complexity index is 2950. The second kappa shape index (κ2) is 9.70. The van der Waals surface area contributed by atoms with E-state index in [2.05, 4.69) is 146 Å². The van der Waals surface area contributed by atoms with Crippen molar-refractivity contribution < 1.29 is 8.83 Å². The molecule has 0 aliphatic heterocycles. The number of fused-ring (bicyclic) bond motifs is 12. The minimum Gasteiger partial charge on any atom is -0.456 e. The van der Waals surface area contributed by atoms with Gasteiger partial charge in [0.2, 0.25) is 0 Å². The van der Waals surface area contributed by atoms with Gasteiger partial charge >= 0.3 is 0 Å². The summed E-state index contributed by atoms with van der Waals surface area (Å²) in [7, 11) is 0. The van der Waals surface area contributed by atoms with E-state index >= 15 is 0 Å². The molecule has 0 fully saturated rings. The highest BCUT2D eigenvalue weighted by Crippen LogP contribution is 2.46. The maximum absolute atomic E-state index is 6.41. The number of rotatable bonds is 2. The number of benzene rings is 8. The molecule has 0 amide bonds. The Hall–Kier alpha value is -6.12. The summed E-state index contributed by atoms with van der Waals surface area (Å²) in [6, 6.07) is 48.4. The number of allylic oxidation sites excluding steroid dienone is 1. The summed E-state index contributed by atoms with van der Waals surface area (Å²) in [5.41, 5.74) is 11.3. The van der Waals surface area contributed by atoms with E-state index < -0.39 is 0 Å². The third kappa shape index (κ3) is 3.57. The van der Waals surface area contributed by atoms with Crippen LogP contribution in [0.3, 0.4) is 0 Å². The highest BCUT2D eigenvalue weighted by molar-refractivity contribution is 6.24. The van der Waals surface area contributed by atoms with Crippen LogP contribution in [0.1, 0.15) is 17.5 Å². The fraction of sp³-hybridized carbons (Fsp3) is 0.0435. The molecule has 2 heteroatoms. The van der Waals surface area contributed by atoms with E-state index in [9.17, 15) is 0 Å². The van der Waals surface area contributed by atoms with Crippen LogP contribution in [0.25, 0.3) is 105 Å². The highest BCUT2D eigenvalue weighted by Gasteiger charge is 2.20. The molecule has 11 rings (SSSR count). The number of hydrogen-bond acceptors (Lipinski definition) is 2. The van der Waals surface area contributed by atoms with Crippen molar-refractivity contribution in [2.24, 2.45) is 0 Å². The van der Waals surface area contributed by atoms with E-state index in [-0.39, 0.29) is 0 Å². The van der Waals surface area contributed by atoms with E-state index in [4.69, 9.17) is 8.83 Å². The minimum atomic E-state index is 0.910. The van der Waals surface area contributed by atoms with Gasteiger partial charge < -0.3 is 8.83 Å². The number of furan rings is 2. The fourth-order valence-corrected chi connectivity index (χ4v) is 8.40. The third-order valence-electron chi connectivity index (χ3n) is 10.5.